The third-order valence-corrected chi connectivity index (χ3v) is 8.40. The molecule has 1 N–H and O–H groups in total. The van der Waals surface area contributed by atoms with Crippen molar-refractivity contribution in [3.63, 3.8) is 0 Å². The van der Waals surface area contributed by atoms with Gasteiger partial charge in [-0.25, -0.2) is 13.1 Å². The number of benzene rings is 3. The molecule has 1 heterocycles. The van der Waals surface area contributed by atoms with Crippen LogP contribution in [0, 0.1) is 13.8 Å². The van der Waals surface area contributed by atoms with Gasteiger partial charge in [0.15, 0.2) is 0 Å². The Morgan fingerprint density at radius 1 is 1.08 bits per heavy atom. The molecule has 10 heteroatoms. The molecule has 37 heavy (non-hydrogen) atoms. The SMILES string of the molecule is COc1cc(C(CC(=O)O)c2ccc(C)c(CN(C)S(=O)(=O)c3ccc(C)cc3)c2)cc2nnn(C)c12. The number of aryl methyl sites for hydroxylation is 3. The Bertz CT molecular complexity index is 1560. The first-order valence-electron chi connectivity index (χ1n) is 11.7. The van der Waals surface area contributed by atoms with E-state index in [1.807, 2.05) is 44.2 Å². The monoisotopic (exact) mass is 522 g/mol. The molecule has 0 fully saturated rings. The van der Waals surface area contributed by atoms with Gasteiger partial charge in [-0.15, -0.1) is 5.10 Å². The first-order chi connectivity index (χ1) is 17.5. The van der Waals surface area contributed by atoms with E-state index in [2.05, 4.69) is 10.3 Å². The second-order valence-electron chi connectivity index (χ2n) is 9.21. The van der Waals surface area contributed by atoms with Crippen LogP contribution in [0.4, 0.5) is 0 Å². The molecule has 4 rings (SSSR count). The zero-order valence-electron chi connectivity index (χ0n) is 21.5. The number of carbonyl (C=O) groups is 1. The summed E-state index contributed by atoms with van der Waals surface area (Å²) in [5, 5.41) is 18.0. The number of hydrogen-bond acceptors (Lipinski definition) is 6. The van der Waals surface area contributed by atoms with Gasteiger partial charge in [0.25, 0.3) is 0 Å². The lowest BCUT2D eigenvalue weighted by atomic mass is 9.86. The zero-order valence-corrected chi connectivity index (χ0v) is 22.3. The summed E-state index contributed by atoms with van der Waals surface area (Å²) in [4.78, 5) is 12.1. The first-order valence-corrected chi connectivity index (χ1v) is 13.2. The smallest absolute Gasteiger partial charge is 0.304 e. The summed E-state index contributed by atoms with van der Waals surface area (Å²) in [6.07, 6.45) is -0.158. The van der Waals surface area contributed by atoms with Crippen LogP contribution in [0.5, 0.6) is 5.75 Å². The van der Waals surface area contributed by atoms with E-state index in [-0.39, 0.29) is 17.9 Å². The van der Waals surface area contributed by atoms with E-state index in [1.54, 1.807) is 50.2 Å². The summed E-state index contributed by atoms with van der Waals surface area (Å²) >= 11 is 0. The average molecular weight is 523 g/mol. The van der Waals surface area contributed by atoms with Gasteiger partial charge in [-0.1, -0.05) is 41.1 Å². The van der Waals surface area contributed by atoms with Crippen molar-refractivity contribution in [3.05, 3.63) is 82.4 Å². The maximum atomic E-state index is 13.2. The number of methoxy groups -OCH3 is 1. The van der Waals surface area contributed by atoms with E-state index < -0.39 is 21.9 Å². The average Bonchev–Trinajstić information content (AvgIpc) is 3.24. The summed E-state index contributed by atoms with van der Waals surface area (Å²) in [7, 11) is 1.15. The minimum Gasteiger partial charge on any atom is -0.494 e. The lowest BCUT2D eigenvalue weighted by Crippen LogP contribution is -2.27. The van der Waals surface area contributed by atoms with E-state index in [1.165, 1.54) is 4.31 Å². The van der Waals surface area contributed by atoms with E-state index in [0.29, 0.717) is 16.8 Å². The Kier molecular flexibility index (Phi) is 7.33. The lowest BCUT2D eigenvalue weighted by Gasteiger charge is -2.22. The van der Waals surface area contributed by atoms with Gasteiger partial charge < -0.3 is 9.84 Å². The highest BCUT2D eigenvalue weighted by molar-refractivity contribution is 7.89. The quantitative estimate of drug-likeness (QED) is 0.353. The molecule has 0 bridgehead atoms. The van der Waals surface area contributed by atoms with Crippen molar-refractivity contribution in [1.82, 2.24) is 19.3 Å². The van der Waals surface area contributed by atoms with Gasteiger partial charge in [0.2, 0.25) is 10.0 Å². The van der Waals surface area contributed by atoms with Crippen molar-refractivity contribution in [2.24, 2.45) is 7.05 Å². The minimum atomic E-state index is -3.70. The number of rotatable bonds is 9. The largest absolute Gasteiger partial charge is 0.494 e. The van der Waals surface area contributed by atoms with Crippen LogP contribution in [-0.2, 0) is 28.4 Å². The third-order valence-electron chi connectivity index (χ3n) is 6.59. The summed E-state index contributed by atoms with van der Waals surface area (Å²) in [5.74, 6) is -0.910. The summed E-state index contributed by atoms with van der Waals surface area (Å²) in [6, 6.07) is 16.0. The van der Waals surface area contributed by atoms with Crippen molar-refractivity contribution in [2.75, 3.05) is 14.2 Å². The van der Waals surface area contributed by atoms with E-state index in [0.717, 1.165) is 27.8 Å². The van der Waals surface area contributed by atoms with Crippen LogP contribution in [0.1, 0.15) is 40.2 Å². The Morgan fingerprint density at radius 3 is 2.43 bits per heavy atom. The van der Waals surface area contributed by atoms with Crippen LogP contribution >= 0.6 is 0 Å². The molecule has 0 saturated carbocycles. The molecule has 9 nitrogen and oxygen atoms in total. The number of sulfonamides is 1. The molecule has 0 saturated heterocycles. The number of fused-ring (bicyclic) bond motifs is 1. The minimum absolute atomic E-state index is 0.141. The standard InChI is InChI=1S/C27H30N4O5S/c1-17-6-10-22(11-7-17)37(34,35)30(3)16-21-12-19(9-8-18(21)2)23(15-26(32)33)20-13-24-27(25(14-20)36-5)31(4)29-28-24/h6-14,23H,15-16H2,1-5H3,(H,32,33). The molecule has 0 aliphatic rings. The normalized spacial score (nSPS) is 12.7. The van der Waals surface area contributed by atoms with Crippen molar-refractivity contribution in [1.29, 1.82) is 0 Å². The van der Waals surface area contributed by atoms with Crippen molar-refractivity contribution in [2.45, 2.75) is 37.6 Å². The van der Waals surface area contributed by atoms with Crippen molar-refractivity contribution < 1.29 is 23.1 Å². The van der Waals surface area contributed by atoms with Gasteiger partial charge in [0.1, 0.15) is 16.8 Å². The van der Waals surface area contributed by atoms with Gasteiger partial charge in [-0.05, 0) is 60.4 Å². The topological polar surface area (TPSA) is 115 Å². The molecule has 1 unspecified atom stereocenters. The molecule has 0 aliphatic carbocycles. The predicted molar refractivity (Wildman–Crippen MR) is 140 cm³/mol. The molecule has 194 valence electrons. The van der Waals surface area contributed by atoms with Gasteiger partial charge >= 0.3 is 5.97 Å². The highest BCUT2D eigenvalue weighted by Crippen LogP contribution is 2.35. The maximum Gasteiger partial charge on any atom is 0.304 e. The molecule has 0 spiro atoms. The lowest BCUT2D eigenvalue weighted by molar-refractivity contribution is -0.137. The summed E-state index contributed by atoms with van der Waals surface area (Å²) in [6.45, 7) is 3.95. The van der Waals surface area contributed by atoms with Gasteiger partial charge in [0.05, 0.1) is 18.4 Å². The molecule has 1 atom stereocenters. The van der Waals surface area contributed by atoms with Crippen molar-refractivity contribution in [3.8, 4) is 5.75 Å². The first kappa shape index (κ1) is 26.3. The molecule has 0 amide bonds. The van der Waals surface area contributed by atoms with Crippen LogP contribution in [0.2, 0.25) is 0 Å². The predicted octanol–water partition coefficient (Wildman–Crippen LogP) is 4.02. The van der Waals surface area contributed by atoms with Crippen LogP contribution in [0.15, 0.2) is 59.5 Å². The second-order valence-corrected chi connectivity index (χ2v) is 11.3. The Balaban J connectivity index is 1.73. The number of hydrogen-bond donors (Lipinski definition) is 1. The number of aliphatic carboxylic acids is 1. The highest BCUT2D eigenvalue weighted by Gasteiger charge is 2.24. The molecule has 1 aromatic heterocycles. The van der Waals surface area contributed by atoms with Crippen molar-refractivity contribution >= 4 is 27.0 Å². The Hall–Kier alpha value is -3.76. The summed E-state index contributed by atoms with van der Waals surface area (Å²) < 4.78 is 34.8. The third kappa shape index (κ3) is 5.35. The van der Waals surface area contributed by atoms with E-state index >= 15 is 0 Å². The zero-order chi connectivity index (χ0) is 26.9. The number of nitrogens with zero attached hydrogens (tertiary/aromatic N) is 4. The number of ether oxygens (including phenoxy) is 1. The fourth-order valence-corrected chi connectivity index (χ4v) is 5.58. The van der Waals surface area contributed by atoms with Crippen LogP contribution in [-0.4, -0.2) is 53.0 Å². The van der Waals surface area contributed by atoms with Crippen LogP contribution in [0.25, 0.3) is 11.0 Å². The highest BCUT2D eigenvalue weighted by atomic mass is 32.2. The van der Waals surface area contributed by atoms with Gasteiger partial charge in [-0.3, -0.25) is 4.79 Å². The van der Waals surface area contributed by atoms with Crippen LogP contribution < -0.4 is 4.74 Å². The van der Waals surface area contributed by atoms with Crippen LogP contribution in [0.3, 0.4) is 0 Å². The maximum absolute atomic E-state index is 13.2. The molecule has 0 aliphatic heterocycles. The number of carboxylic acid groups (broad SMARTS) is 1. The second kappa shape index (κ2) is 10.3. The molecular weight excluding hydrogens is 492 g/mol. The number of carboxylic acids is 1. The Labute approximate surface area is 216 Å². The number of aromatic nitrogens is 3. The summed E-state index contributed by atoms with van der Waals surface area (Å²) in [5.41, 5.74) is 5.48. The van der Waals surface area contributed by atoms with Gasteiger partial charge in [-0.2, -0.15) is 4.31 Å². The molecule has 3 aromatic carbocycles. The van der Waals surface area contributed by atoms with E-state index in [9.17, 15) is 18.3 Å². The molecule has 0 radical (unpaired) electrons. The van der Waals surface area contributed by atoms with Gasteiger partial charge in [0, 0.05) is 26.6 Å². The van der Waals surface area contributed by atoms with E-state index in [4.69, 9.17) is 4.74 Å². The molecular formula is C27H30N4O5S. The molecule has 4 aromatic rings. The fraction of sp³-hybridized carbons (Fsp3) is 0.296. The fourth-order valence-electron chi connectivity index (χ4n) is 4.43. The Morgan fingerprint density at radius 2 is 1.78 bits per heavy atom.